The summed E-state index contributed by atoms with van der Waals surface area (Å²) in [4.78, 5) is 21.4. The van der Waals surface area contributed by atoms with Crippen molar-refractivity contribution in [2.24, 2.45) is 16.8 Å². The van der Waals surface area contributed by atoms with Gasteiger partial charge in [0.15, 0.2) is 0 Å². The van der Waals surface area contributed by atoms with E-state index in [1.807, 2.05) is 18.2 Å². The van der Waals surface area contributed by atoms with Gasteiger partial charge in [0.05, 0.1) is 12.1 Å². The molecule has 0 saturated carbocycles. The van der Waals surface area contributed by atoms with Crippen molar-refractivity contribution in [1.29, 1.82) is 0 Å². The smallest absolute Gasteiger partial charge is 0.332 e. The van der Waals surface area contributed by atoms with Crippen LogP contribution in [0.3, 0.4) is 0 Å². The molecule has 0 aliphatic rings. The molecule has 0 spiro atoms. The van der Waals surface area contributed by atoms with Crippen molar-refractivity contribution in [1.82, 2.24) is 5.43 Å². The summed E-state index contributed by atoms with van der Waals surface area (Å²) in [6, 6.07) is 8.25. The van der Waals surface area contributed by atoms with E-state index in [0.717, 1.165) is 5.56 Å². The summed E-state index contributed by atoms with van der Waals surface area (Å²) in [7, 11) is 0. The molecule has 1 rings (SSSR count). The number of primary amides is 1. The van der Waals surface area contributed by atoms with E-state index in [1.54, 1.807) is 19.1 Å². The van der Waals surface area contributed by atoms with Gasteiger partial charge in [-0.2, -0.15) is 5.10 Å². The van der Waals surface area contributed by atoms with Crippen molar-refractivity contribution >= 4 is 17.7 Å². The topological polar surface area (TPSA) is 105 Å². The lowest BCUT2D eigenvalue weighted by atomic mass is 9.95. The van der Waals surface area contributed by atoms with Crippen LogP contribution >= 0.6 is 0 Å². The molecule has 6 nitrogen and oxygen atoms in total. The molecule has 6 heteroatoms. The number of aliphatic carboxylic acids is 1. The minimum atomic E-state index is -0.926. The Morgan fingerprint density at radius 2 is 2.00 bits per heavy atom. The molecule has 0 bridgehead atoms. The van der Waals surface area contributed by atoms with Crippen LogP contribution in [0.15, 0.2) is 35.4 Å². The largest absolute Gasteiger partial charge is 0.481 e. The fourth-order valence-corrected chi connectivity index (χ4v) is 1.54. The SMILES string of the molecule is CC(CC(=O)O)C(=NNC(N)=O)c1ccccc1. The van der Waals surface area contributed by atoms with Gasteiger partial charge in [0.25, 0.3) is 0 Å². The van der Waals surface area contributed by atoms with Crippen molar-refractivity contribution in [3.63, 3.8) is 0 Å². The fourth-order valence-electron chi connectivity index (χ4n) is 1.54. The second-order valence-corrected chi connectivity index (χ2v) is 3.84. The van der Waals surface area contributed by atoms with E-state index in [-0.39, 0.29) is 12.3 Å². The van der Waals surface area contributed by atoms with Crippen LogP contribution in [0.25, 0.3) is 0 Å². The summed E-state index contributed by atoms with van der Waals surface area (Å²) < 4.78 is 0. The number of nitrogens with two attached hydrogens (primary N) is 1. The molecule has 18 heavy (non-hydrogen) atoms. The van der Waals surface area contributed by atoms with Gasteiger partial charge in [-0.3, -0.25) is 4.79 Å². The summed E-state index contributed by atoms with van der Waals surface area (Å²) in [5.41, 5.74) is 8.31. The molecule has 96 valence electrons. The van der Waals surface area contributed by atoms with Crippen LogP contribution in [0.5, 0.6) is 0 Å². The molecule has 0 aliphatic heterocycles. The standard InChI is InChI=1S/C12H15N3O3/c1-8(7-10(16)17)11(14-15-12(13)18)9-5-3-2-4-6-9/h2-6,8H,7H2,1H3,(H,16,17)(H3,13,15,18). The van der Waals surface area contributed by atoms with Crippen LogP contribution in [0, 0.1) is 5.92 Å². The zero-order chi connectivity index (χ0) is 13.5. The number of carboxylic acids is 1. The Labute approximate surface area is 104 Å². The highest BCUT2D eigenvalue weighted by molar-refractivity contribution is 6.03. The Bertz CT molecular complexity index is 457. The summed E-state index contributed by atoms with van der Waals surface area (Å²) >= 11 is 0. The van der Waals surface area contributed by atoms with Crippen molar-refractivity contribution < 1.29 is 14.7 Å². The molecule has 0 saturated heterocycles. The zero-order valence-corrected chi connectivity index (χ0v) is 9.96. The van der Waals surface area contributed by atoms with Crippen LogP contribution in [0.2, 0.25) is 0 Å². The lowest BCUT2D eigenvalue weighted by molar-refractivity contribution is -0.137. The first-order valence-corrected chi connectivity index (χ1v) is 5.41. The van der Waals surface area contributed by atoms with Crippen LogP contribution in [0.1, 0.15) is 18.9 Å². The van der Waals surface area contributed by atoms with E-state index in [1.165, 1.54) is 0 Å². The first-order chi connectivity index (χ1) is 8.50. The zero-order valence-electron chi connectivity index (χ0n) is 9.96. The first-order valence-electron chi connectivity index (χ1n) is 5.41. The molecule has 1 aromatic carbocycles. The number of hydrazone groups is 1. The number of carboxylic acid groups (broad SMARTS) is 1. The van der Waals surface area contributed by atoms with Crippen LogP contribution in [-0.4, -0.2) is 22.8 Å². The highest BCUT2D eigenvalue weighted by Gasteiger charge is 2.16. The average molecular weight is 249 g/mol. The minimum absolute atomic E-state index is 0.0752. The first kappa shape index (κ1) is 13.7. The maximum absolute atomic E-state index is 10.7. The van der Waals surface area contributed by atoms with Gasteiger partial charge in [0.2, 0.25) is 0 Å². The Balaban J connectivity index is 2.99. The van der Waals surface area contributed by atoms with Crippen LogP contribution in [-0.2, 0) is 4.79 Å². The molecule has 0 heterocycles. The van der Waals surface area contributed by atoms with E-state index >= 15 is 0 Å². The second kappa shape index (κ2) is 6.39. The minimum Gasteiger partial charge on any atom is -0.481 e. The fraction of sp³-hybridized carbons (Fsp3) is 0.250. The summed E-state index contributed by atoms with van der Waals surface area (Å²) in [5.74, 6) is -1.26. The third-order valence-corrected chi connectivity index (χ3v) is 2.30. The summed E-state index contributed by atoms with van der Waals surface area (Å²) in [5, 5.41) is 12.7. The predicted octanol–water partition coefficient (Wildman–Crippen LogP) is 1.17. The Morgan fingerprint density at radius 1 is 1.39 bits per heavy atom. The molecule has 0 radical (unpaired) electrons. The maximum Gasteiger partial charge on any atom is 0.332 e. The number of nitrogens with one attached hydrogen (secondary N) is 1. The molecule has 0 aliphatic carbocycles. The number of hydrogen-bond acceptors (Lipinski definition) is 3. The predicted molar refractivity (Wildman–Crippen MR) is 67.1 cm³/mol. The van der Waals surface area contributed by atoms with Gasteiger partial charge in [-0.05, 0) is 5.56 Å². The van der Waals surface area contributed by atoms with Gasteiger partial charge < -0.3 is 10.8 Å². The number of amides is 2. The Hall–Kier alpha value is -2.37. The van der Waals surface area contributed by atoms with E-state index in [0.29, 0.717) is 5.71 Å². The average Bonchev–Trinajstić information content (AvgIpc) is 2.29. The van der Waals surface area contributed by atoms with Gasteiger partial charge in [0.1, 0.15) is 0 Å². The molecule has 1 aromatic rings. The molecular formula is C12H15N3O3. The number of rotatable bonds is 5. The summed E-state index contributed by atoms with van der Waals surface area (Å²) in [6.07, 6.45) is -0.0752. The van der Waals surface area contributed by atoms with Gasteiger partial charge in [-0.25, -0.2) is 10.2 Å². The van der Waals surface area contributed by atoms with E-state index in [9.17, 15) is 9.59 Å². The van der Waals surface area contributed by atoms with Crippen LogP contribution < -0.4 is 11.2 Å². The molecule has 0 fully saturated rings. The second-order valence-electron chi connectivity index (χ2n) is 3.84. The van der Waals surface area contributed by atoms with Gasteiger partial charge >= 0.3 is 12.0 Å². The van der Waals surface area contributed by atoms with Crippen molar-refractivity contribution in [2.45, 2.75) is 13.3 Å². The van der Waals surface area contributed by atoms with Gasteiger partial charge in [-0.15, -0.1) is 0 Å². The van der Waals surface area contributed by atoms with Crippen molar-refractivity contribution in [2.75, 3.05) is 0 Å². The normalized spacial score (nSPS) is 12.8. The number of carbonyl (C=O) groups is 2. The summed E-state index contributed by atoms with van der Waals surface area (Å²) in [6.45, 7) is 1.72. The molecular weight excluding hydrogens is 234 g/mol. The number of nitrogens with zero attached hydrogens (tertiary/aromatic N) is 1. The number of benzene rings is 1. The number of carbonyl (C=O) groups excluding carboxylic acids is 1. The highest BCUT2D eigenvalue weighted by Crippen LogP contribution is 2.13. The third kappa shape index (κ3) is 4.25. The maximum atomic E-state index is 10.7. The Morgan fingerprint density at radius 3 is 2.50 bits per heavy atom. The van der Waals surface area contributed by atoms with E-state index in [4.69, 9.17) is 10.8 Å². The quantitative estimate of drug-likeness (QED) is 0.538. The lowest BCUT2D eigenvalue weighted by Crippen LogP contribution is -2.28. The van der Waals surface area contributed by atoms with Gasteiger partial charge in [0, 0.05) is 5.92 Å². The van der Waals surface area contributed by atoms with E-state index < -0.39 is 12.0 Å². The van der Waals surface area contributed by atoms with Crippen molar-refractivity contribution in [3.8, 4) is 0 Å². The van der Waals surface area contributed by atoms with E-state index in [2.05, 4.69) is 10.5 Å². The number of hydrogen-bond donors (Lipinski definition) is 3. The molecule has 1 unspecified atom stereocenters. The molecule has 2 amide bonds. The molecule has 0 aromatic heterocycles. The third-order valence-electron chi connectivity index (χ3n) is 2.30. The molecule has 4 N–H and O–H groups in total. The Kier molecular flexibility index (Phi) is 4.86. The van der Waals surface area contributed by atoms with Gasteiger partial charge in [-0.1, -0.05) is 37.3 Å². The lowest BCUT2D eigenvalue weighted by Gasteiger charge is -2.12. The monoisotopic (exact) mass is 249 g/mol. The highest BCUT2D eigenvalue weighted by atomic mass is 16.4. The van der Waals surface area contributed by atoms with Crippen molar-refractivity contribution in [3.05, 3.63) is 35.9 Å². The number of urea groups is 1. The van der Waals surface area contributed by atoms with Crippen LogP contribution in [0.4, 0.5) is 4.79 Å². The molecule has 1 atom stereocenters.